The van der Waals surface area contributed by atoms with Crippen LogP contribution in [0.2, 0.25) is 0 Å². The first-order valence-corrected chi connectivity index (χ1v) is 13.0. The number of hydrogen-bond donors (Lipinski definition) is 0. The molecule has 0 radical (unpaired) electrons. The van der Waals surface area contributed by atoms with E-state index < -0.39 is 0 Å². The van der Waals surface area contributed by atoms with Gasteiger partial charge in [-0.05, 0) is 49.2 Å². The van der Waals surface area contributed by atoms with Gasteiger partial charge >= 0.3 is 0 Å². The average Bonchev–Trinajstić information content (AvgIpc) is 2.88. The Bertz CT molecular complexity index is 1220. The van der Waals surface area contributed by atoms with Gasteiger partial charge in [-0.3, -0.25) is 14.2 Å². The van der Waals surface area contributed by atoms with E-state index >= 15 is 0 Å². The van der Waals surface area contributed by atoms with Gasteiger partial charge in [0.25, 0.3) is 5.56 Å². The van der Waals surface area contributed by atoms with E-state index in [1.807, 2.05) is 33.7 Å². The molecule has 1 saturated heterocycles. The van der Waals surface area contributed by atoms with Crippen LogP contribution in [-0.4, -0.2) is 52.3 Å². The molecule has 0 bridgehead atoms. The Morgan fingerprint density at radius 3 is 2.41 bits per heavy atom. The monoisotopic (exact) mass is 480 g/mol. The lowest BCUT2D eigenvalue weighted by atomic mass is 9.95. The maximum Gasteiger partial charge on any atom is 0.262 e. The van der Waals surface area contributed by atoms with Crippen LogP contribution < -0.4 is 10.5 Å². The number of amides is 1. The SMILES string of the molecule is O=C(CSc1nc2ccccc2c(=O)n1C1CCCCC1)N1CCN(c2ccc(F)cc2)CC1. The minimum atomic E-state index is -0.247. The van der Waals surface area contributed by atoms with Gasteiger partial charge in [0.2, 0.25) is 5.91 Å². The van der Waals surface area contributed by atoms with Crippen LogP contribution in [0.3, 0.4) is 0 Å². The predicted octanol–water partition coefficient (Wildman–Crippen LogP) is 4.48. The Kier molecular flexibility index (Phi) is 6.85. The quantitative estimate of drug-likeness (QED) is 0.398. The second kappa shape index (κ2) is 10.2. The molecule has 34 heavy (non-hydrogen) atoms. The van der Waals surface area contributed by atoms with Crippen molar-refractivity contribution in [2.45, 2.75) is 43.3 Å². The molecule has 2 fully saturated rings. The van der Waals surface area contributed by atoms with Gasteiger partial charge in [-0.15, -0.1) is 0 Å². The average molecular weight is 481 g/mol. The molecule has 3 aromatic rings. The number of anilines is 1. The first kappa shape index (κ1) is 22.9. The third-order valence-electron chi connectivity index (χ3n) is 6.86. The van der Waals surface area contributed by atoms with Crippen molar-refractivity contribution >= 4 is 34.3 Å². The fourth-order valence-electron chi connectivity index (χ4n) is 4.97. The number of rotatable bonds is 5. The number of piperazine rings is 1. The molecule has 0 atom stereocenters. The number of para-hydroxylation sites is 1. The molecule has 0 unspecified atom stereocenters. The number of carbonyl (C=O) groups is 1. The molecule has 178 valence electrons. The summed E-state index contributed by atoms with van der Waals surface area (Å²) in [5.74, 6) is 0.0681. The van der Waals surface area contributed by atoms with E-state index in [-0.39, 0.29) is 29.1 Å². The van der Waals surface area contributed by atoms with E-state index in [1.54, 1.807) is 12.1 Å². The minimum Gasteiger partial charge on any atom is -0.368 e. The van der Waals surface area contributed by atoms with E-state index in [1.165, 1.54) is 30.3 Å². The summed E-state index contributed by atoms with van der Waals surface area (Å²) in [5, 5.41) is 1.29. The first-order chi connectivity index (χ1) is 16.6. The zero-order valence-corrected chi connectivity index (χ0v) is 20.0. The number of hydrogen-bond acceptors (Lipinski definition) is 5. The smallest absolute Gasteiger partial charge is 0.262 e. The summed E-state index contributed by atoms with van der Waals surface area (Å²) >= 11 is 1.38. The number of fused-ring (bicyclic) bond motifs is 1. The summed E-state index contributed by atoms with van der Waals surface area (Å²) < 4.78 is 15.1. The highest BCUT2D eigenvalue weighted by molar-refractivity contribution is 7.99. The van der Waals surface area contributed by atoms with E-state index in [0.29, 0.717) is 42.2 Å². The van der Waals surface area contributed by atoms with Crippen LogP contribution in [0.15, 0.2) is 58.5 Å². The fraction of sp³-hybridized carbons (Fsp3) is 0.423. The molecule has 1 aliphatic carbocycles. The van der Waals surface area contributed by atoms with Gasteiger partial charge in [0.05, 0.1) is 16.7 Å². The first-order valence-electron chi connectivity index (χ1n) is 12.0. The summed E-state index contributed by atoms with van der Waals surface area (Å²) in [4.78, 5) is 35.2. The molecule has 1 aromatic heterocycles. The van der Waals surface area contributed by atoms with E-state index in [4.69, 9.17) is 4.98 Å². The number of nitrogens with zero attached hydrogens (tertiary/aromatic N) is 4. The molecule has 5 rings (SSSR count). The van der Waals surface area contributed by atoms with Crippen molar-refractivity contribution in [3.05, 3.63) is 64.7 Å². The van der Waals surface area contributed by atoms with Gasteiger partial charge in [-0.1, -0.05) is 43.2 Å². The molecule has 1 aliphatic heterocycles. The third kappa shape index (κ3) is 4.82. The molecule has 1 amide bonds. The van der Waals surface area contributed by atoms with Crippen LogP contribution in [0.4, 0.5) is 10.1 Å². The van der Waals surface area contributed by atoms with E-state index in [0.717, 1.165) is 31.4 Å². The van der Waals surface area contributed by atoms with Crippen molar-refractivity contribution in [1.29, 1.82) is 0 Å². The van der Waals surface area contributed by atoms with Crippen molar-refractivity contribution < 1.29 is 9.18 Å². The Morgan fingerprint density at radius 2 is 1.68 bits per heavy atom. The normalized spacial score (nSPS) is 17.3. The van der Waals surface area contributed by atoms with Crippen LogP contribution in [0.5, 0.6) is 0 Å². The molecule has 0 spiro atoms. The highest BCUT2D eigenvalue weighted by Gasteiger charge is 2.25. The lowest BCUT2D eigenvalue weighted by Gasteiger charge is -2.36. The second-order valence-electron chi connectivity index (χ2n) is 9.01. The summed E-state index contributed by atoms with van der Waals surface area (Å²) in [6.07, 6.45) is 5.40. The summed E-state index contributed by atoms with van der Waals surface area (Å²) in [6, 6.07) is 14.1. The van der Waals surface area contributed by atoms with E-state index in [9.17, 15) is 14.0 Å². The van der Waals surface area contributed by atoms with Crippen molar-refractivity contribution in [3.8, 4) is 0 Å². The molecule has 1 saturated carbocycles. The van der Waals surface area contributed by atoms with Crippen molar-refractivity contribution in [3.63, 3.8) is 0 Å². The van der Waals surface area contributed by atoms with Gasteiger partial charge in [-0.25, -0.2) is 9.37 Å². The van der Waals surface area contributed by atoms with Crippen molar-refractivity contribution in [2.75, 3.05) is 36.8 Å². The van der Waals surface area contributed by atoms with Gasteiger partial charge in [0.15, 0.2) is 5.16 Å². The Balaban J connectivity index is 1.28. The maximum atomic E-state index is 13.4. The zero-order valence-electron chi connectivity index (χ0n) is 19.2. The molecule has 2 aliphatic rings. The van der Waals surface area contributed by atoms with Crippen LogP contribution in [-0.2, 0) is 4.79 Å². The van der Waals surface area contributed by atoms with Crippen LogP contribution in [0.25, 0.3) is 10.9 Å². The van der Waals surface area contributed by atoms with Crippen LogP contribution >= 0.6 is 11.8 Å². The topological polar surface area (TPSA) is 58.4 Å². The zero-order chi connectivity index (χ0) is 23.5. The lowest BCUT2D eigenvalue weighted by molar-refractivity contribution is -0.128. The summed E-state index contributed by atoms with van der Waals surface area (Å²) in [5.41, 5.74) is 1.66. The number of benzene rings is 2. The Labute approximate surface area is 202 Å². The number of thioether (sulfide) groups is 1. The maximum absolute atomic E-state index is 13.4. The van der Waals surface area contributed by atoms with Crippen molar-refractivity contribution in [1.82, 2.24) is 14.5 Å². The third-order valence-corrected chi connectivity index (χ3v) is 7.80. The molecule has 2 aromatic carbocycles. The molecular formula is C26H29FN4O2S. The van der Waals surface area contributed by atoms with Gasteiger partial charge in [0, 0.05) is 37.9 Å². The highest BCUT2D eigenvalue weighted by atomic mass is 32.2. The van der Waals surface area contributed by atoms with E-state index in [2.05, 4.69) is 4.90 Å². The molecule has 8 heteroatoms. The summed E-state index contributed by atoms with van der Waals surface area (Å²) in [6.45, 7) is 2.67. The number of carbonyl (C=O) groups excluding carboxylic acids is 1. The molecule has 2 heterocycles. The Hall–Kier alpha value is -2.87. The predicted molar refractivity (Wildman–Crippen MR) is 134 cm³/mol. The van der Waals surface area contributed by atoms with Crippen LogP contribution in [0, 0.1) is 5.82 Å². The van der Waals surface area contributed by atoms with Crippen LogP contribution in [0.1, 0.15) is 38.1 Å². The van der Waals surface area contributed by atoms with Crippen molar-refractivity contribution in [2.24, 2.45) is 0 Å². The van der Waals surface area contributed by atoms with Gasteiger partial charge in [-0.2, -0.15) is 0 Å². The molecular weight excluding hydrogens is 451 g/mol. The number of aromatic nitrogens is 2. The van der Waals surface area contributed by atoms with Gasteiger partial charge in [0.1, 0.15) is 5.82 Å². The largest absolute Gasteiger partial charge is 0.368 e. The highest BCUT2D eigenvalue weighted by Crippen LogP contribution is 2.31. The second-order valence-corrected chi connectivity index (χ2v) is 9.95. The van der Waals surface area contributed by atoms with Gasteiger partial charge < -0.3 is 9.80 Å². The number of halogens is 1. The lowest BCUT2D eigenvalue weighted by Crippen LogP contribution is -2.49. The fourth-order valence-corrected chi connectivity index (χ4v) is 5.94. The Morgan fingerprint density at radius 1 is 0.971 bits per heavy atom. The standard InChI is InChI=1S/C26H29FN4O2S/c27-19-10-12-20(13-11-19)29-14-16-30(17-15-29)24(32)18-34-26-28-23-9-5-4-8-22(23)25(33)31(26)21-6-2-1-3-7-21/h4-5,8-13,21H,1-3,6-7,14-18H2. The molecule has 6 nitrogen and oxygen atoms in total. The summed E-state index contributed by atoms with van der Waals surface area (Å²) in [7, 11) is 0. The molecule has 0 N–H and O–H groups in total. The minimum absolute atomic E-state index is 0.000334.